The van der Waals surface area contributed by atoms with Gasteiger partial charge in [0.2, 0.25) is 10.0 Å². The van der Waals surface area contributed by atoms with Crippen molar-refractivity contribution >= 4 is 10.0 Å². The molecule has 0 spiro atoms. The molecule has 1 aliphatic rings. The molecule has 0 aromatic carbocycles. The van der Waals surface area contributed by atoms with Crippen LogP contribution in [0.4, 0.5) is 0 Å². The molecular weight excluding hydrogens is 260 g/mol. The summed E-state index contributed by atoms with van der Waals surface area (Å²) in [6.07, 6.45) is -0.405. The summed E-state index contributed by atoms with van der Waals surface area (Å²) in [5.41, 5.74) is 0.307. The molecule has 7 nitrogen and oxygen atoms in total. The Balaban J connectivity index is 2.22. The minimum absolute atomic E-state index is 0.0428. The van der Waals surface area contributed by atoms with Crippen LogP contribution in [0.2, 0.25) is 0 Å². The highest BCUT2D eigenvalue weighted by Gasteiger charge is 2.31. The van der Waals surface area contributed by atoms with E-state index in [1.54, 1.807) is 6.92 Å². The zero-order chi connectivity index (χ0) is 13.3. The lowest BCUT2D eigenvalue weighted by Crippen LogP contribution is -2.48. The highest BCUT2D eigenvalue weighted by atomic mass is 32.2. The standard InChI is InChI=1S/C10H16N2O5S/c1-6-10(7(2)17-11-6)18(14,15)12-8-3-4-16-5-9(8)13/h8-9,12-13H,3-5H2,1-2H3/t8-,9-/m1/s1. The SMILES string of the molecule is Cc1noc(C)c1S(=O)(=O)N[C@@H]1CCOC[C@H]1O. The van der Waals surface area contributed by atoms with Gasteiger partial charge in [-0.2, -0.15) is 0 Å². The average molecular weight is 276 g/mol. The summed E-state index contributed by atoms with van der Waals surface area (Å²) in [4.78, 5) is 0.0428. The summed E-state index contributed by atoms with van der Waals surface area (Å²) in [6.45, 7) is 3.65. The Kier molecular flexibility index (Phi) is 3.71. The number of nitrogens with one attached hydrogen (secondary N) is 1. The minimum Gasteiger partial charge on any atom is -0.389 e. The number of aromatic nitrogens is 1. The number of nitrogens with zero attached hydrogens (tertiary/aromatic N) is 1. The largest absolute Gasteiger partial charge is 0.389 e. The van der Waals surface area contributed by atoms with E-state index in [1.165, 1.54) is 6.92 Å². The van der Waals surface area contributed by atoms with E-state index in [-0.39, 0.29) is 17.3 Å². The van der Waals surface area contributed by atoms with E-state index in [0.717, 1.165) is 0 Å². The molecule has 2 rings (SSSR count). The minimum atomic E-state index is -3.73. The van der Waals surface area contributed by atoms with Gasteiger partial charge in [-0.3, -0.25) is 0 Å². The number of aryl methyl sites for hydroxylation is 2. The predicted molar refractivity (Wildman–Crippen MR) is 61.5 cm³/mol. The van der Waals surface area contributed by atoms with Crippen molar-refractivity contribution in [1.29, 1.82) is 0 Å². The van der Waals surface area contributed by atoms with Gasteiger partial charge in [0.1, 0.15) is 10.6 Å². The van der Waals surface area contributed by atoms with Gasteiger partial charge in [0.25, 0.3) is 0 Å². The Hall–Kier alpha value is -0.960. The third-order valence-electron chi connectivity index (χ3n) is 2.87. The van der Waals surface area contributed by atoms with Gasteiger partial charge in [0, 0.05) is 6.61 Å². The zero-order valence-electron chi connectivity index (χ0n) is 10.2. The van der Waals surface area contributed by atoms with Crippen LogP contribution in [0, 0.1) is 13.8 Å². The number of aliphatic hydroxyl groups is 1. The molecule has 0 saturated carbocycles. The van der Waals surface area contributed by atoms with E-state index >= 15 is 0 Å². The van der Waals surface area contributed by atoms with Crippen molar-refractivity contribution in [2.24, 2.45) is 0 Å². The smallest absolute Gasteiger partial charge is 0.246 e. The molecule has 0 amide bonds. The number of hydrogen-bond acceptors (Lipinski definition) is 6. The molecule has 2 heterocycles. The maximum atomic E-state index is 12.2. The normalized spacial score (nSPS) is 25.3. The van der Waals surface area contributed by atoms with Crippen molar-refractivity contribution in [2.75, 3.05) is 13.2 Å². The zero-order valence-corrected chi connectivity index (χ0v) is 11.0. The molecule has 0 aliphatic carbocycles. The second-order valence-electron chi connectivity index (χ2n) is 4.31. The molecule has 1 aromatic rings. The fourth-order valence-electron chi connectivity index (χ4n) is 1.98. The van der Waals surface area contributed by atoms with Crippen LogP contribution in [0.5, 0.6) is 0 Å². The van der Waals surface area contributed by atoms with Crippen molar-refractivity contribution in [1.82, 2.24) is 9.88 Å². The summed E-state index contributed by atoms with van der Waals surface area (Å²) in [5.74, 6) is 0.238. The highest BCUT2D eigenvalue weighted by Crippen LogP contribution is 2.20. The molecule has 0 unspecified atom stereocenters. The van der Waals surface area contributed by atoms with E-state index in [2.05, 4.69) is 9.88 Å². The molecule has 2 N–H and O–H groups in total. The predicted octanol–water partition coefficient (Wildman–Crippen LogP) is -0.280. The summed E-state index contributed by atoms with van der Waals surface area (Å²) < 4.78 is 36.7. The van der Waals surface area contributed by atoms with Crippen LogP contribution >= 0.6 is 0 Å². The topological polar surface area (TPSA) is 102 Å². The monoisotopic (exact) mass is 276 g/mol. The highest BCUT2D eigenvalue weighted by molar-refractivity contribution is 7.89. The maximum absolute atomic E-state index is 12.2. The van der Waals surface area contributed by atoms with Crippen molar-refractivity contribution in [2.45, 2.75) is 37.3 Å². The molecule has 0 radical (unpaired) electrons. The molecule has 102 valence electrons. The Morgan fingerprint density at radius 3 is 2.72 bits per heavy atom. The van der Waals surface area contributed by atoms with E-state index in [1.807, 2.05) is 0 Å². The lowest BCUT2D eigenvalue weighted by Gasteiger charge is -2.28. The van der Waals surface area contributed by atoms with Crippen LogP contribution in [0.25, 0.3) is 0 Å². The molecule has 2 atom stereocenters. The molecule has 1 saturated heterocycles. The van der Waals surface area contributed by atoms with Crippen molar-refractivity contribution in [3.63, 3.8) is 0 Å². The van der Waals surface area contributed by atoms with Gasteiger partial charge in [0.15, 0.2) is 5.76 Å². The molecule has 1 aromatic heterocycles. The van der Waals surface area contributed by atoms with Crippen LogP contribution in [-0.4, -0.2) is 44.0 Å². The third kappa shape index (κ3) is 2.56. The quantitative estimate of drug-likeness (QED) is 0.787. The molecule has 0 bridgehead atoms. The molecule has 1 fully saturated rings. The van der Waals surface area contributed by atoms with Gasteiger partial charge in [-0.1, -0.05) is 5.16 Å². The first-order chi connectivity index (χ1) is 8.42. The Labute approximate surface area is 105 Å². The summed E-state index contributed by atoms with van der Waals surface area (Å²) in [6, 6.07) is -0.544. The second-order valence-corrected chi connectivity index (χ2v) is 5.96. The van der Waals surface area contributed by atoms with E-state index in [4.69, 9.17) is 9.26 Å². The van der Waals surface area contributed by atoms with E-state index < -0.39 is 22.2 Å². The summed E-state index contributed by atoms with van der Waals surface area (Å²) in [5, 5.41) is 13.3. The fraction of sp³-hybridized carbons (Fsp3) is 0.700. The van der Waals surface area contributed by atoms with Crippen LogP contribution in [-0.2, 0) is 14.8 Å². The van der Waals surface area contributed by atoms with Gasteiger partial charge in [0.05, 0.1) is 18.8 Å². The lowest BCUT2D eigenvalue weighted by molar-refractivity contribution is -0.0222. The molecule has 8 heteroatoms. The first kappa shape index (κ1) is 13.5. The van der Waals surface area contributed by atoms with Crippen LogP contribution in [0.3, 0.4) is 0 Å². The second kappa shape index (κ2) is 4.96. The van der Waals surface area contributed by atoms with Crippen molar-refractivity contribution in [3.8, 4) is 0 Å². The number of rotatable bonds is 3. The number of sulfonamides is 1. The molecular formula is C10H16N2O5S. The number of hydrogen-bond donors (Lipinski definition) is 2. The fourth-order valence-corrected chi connectivity index (χ4v) is 3.61. The molecule has 1 aliphatic heterocycles. The van der Waals surface area contributed by atoms with Crippen LogP contribution < -0.4 is 4.72 Å². The lowest BCUT2D eigenvalue weighted by atomic mass is 10.1. The number of aliphatic hydroxyl groups excluding tert-OH is 1. The van der Waals surface area contributed by atoms with Crippen LogP contribution in [0.1, 0.15) is 17.9 Å². The van der Waals surface area contributed by atoms with Crippen LogP contribution in [0.15, 0.2) is 9.42 Å². The van der Waals surface area contributed by atoms with E-state index in [0.29, 0.717) is 18.7 Å². The Morgan fingerprint density at radius 2 is 2.17 bits per heavy atom. The van der Waals surface area contributed by atoms with Gasteiger partial charge >= 0.3 is 0 Å². The third-order valence-corrected chi connectivity index (χ3v) is 4.60. The molecule has 18 heavy (non-hydrogen) atoms. The maximum Gasteiger partial charge on any atom is 0.246 e. The Bertz CT molecular complexity index is 505. The van der Waals surface area contributed by atoms with Crippen molar-refractivity contribution < 1.29 is 22.8 Å². The average Bonchev–Trinajstić information content (AvgIpc) is 2.62. The van der Waals surface area contributed by atoms with E-state index in [9.17, 15) is 13.5 Å². The first-order valence-electron chi connectivity index (χ1n) is 5.63. The van der Waals surface area contributed by atoms with Gasteiger partial charge in [-0.15, -0.1) is 0 Å². The summed E-state index contributed by atoms with van der Waals surface area (Å²) >= 11 is 0. The number of ether oxygens (including phenoxy) is 1. The van der Waals surface area contributed by atoms with Crippen molar-refractivity contribution in [3.05, 3.63) is 11.5 Å². The first-order valence-corrected chi connectivity index (χ1v) is 7.11. The summed E-state index contributed by atoms with van der Waals surface area (Å²) in [7, 11) is -3.73. The Morgan fingerprint density at radius 1 is 1.44 bits per heavy atom. The van der Waals surface area contributed by atoms with Gasteiger partial charge < -0.3 is 14.4 Å². The van der Waals surface area contributed by atoms with Gasteiger partial charge in [-0.05, 0) is 20.3 Å². The van der Waals surface area contributed by atoms with Gasteiger partial charge in [-0.25, -0.2) is 13.1 Å².